The van der Waals surface area contributed by atoms with Crippen LogP contribution >= 0.6 is 0 Å². The van der Waals surface area contributed by atoms with Crippen LogP contribution in [-0.4, -0.2) is 0 Å². The predicted molar refractivity (Wildman–Crippen MR) is 96.9 cm³/mol. The molecule has 0 aromatic carbocycles. The third-order valence-corrected chi connectivity index (χ3v) is 4.28. The van der Waals surface area contributed by atoms with Crippen molar-refractivity contribution >= 4 is 0 Å². The summed E-state index contributed by atoms with van der Waals surface area (Å²) in [4.78, 5) is 0. The van der Waals surface area contributed by atoms with Gasteiger partial charge in [0.25, 0.3) is 0 Å². The van der Waals surface area contributed by atoms with Crippen molar-refractivity contribution in [2.45, 2.75) is 103 Å². The standard InChI is InChI=1S/C21H38/c1-4-7-9-10-11-12-13-14-15-16-18-20-21(6-3)19-17-8-5-2/h21H,1-2,4-11,14-20H2,3H3. The molecule has 0 aliphatic heterocycles. The van der Waals surface area contributed by atoms with Gasteiger partial charge in [-0.1, -0.05) is 91.4 Å². The van der Waals surface area contributed by atoms with Gasteiger partial charge in [0.1, 0.15) is 0 Å². The molecule has 1 unspecified atom stereocenters. The van der Waals surface area contributed by atoms with E-state index in [0.717, 1.165) is 31.6 Å². The van der Waals surface area contributed by atoms with Crippen molar-refractivity contribution < 1.29 is 0 Å². The zero-order valence-electron chi connectivity index (χ0n) is 14.6. The van der Waals surface area contributed by atoms with Crippen LogP contribution in [-0.2, 0) is 0 Å². The van der Waals surface area contributed by atoms with Crippen molar-refractivity contribution in [2.75, 3.05) is 0 Å². The molecule has 21 heavy (non-hydrogen) atoms. The van der Waals surface area contributed by atoms with Crippen LogP contribution in [0.5, 0.6) is 0 Å². The van der Waals surface area contributed by atoms with Gasteiger partial charge in [0.2, 0.25) is 0 Å². The molecule has 0 saturated heterocycles. The summed E-state index contributed by atoms with van der Waals surface area (Å²) in [5.41, 5.74) is 0. The van der Waals surface area contributed by atoms with E-state index in [1.165, 1.54) is 70.6 Å². The quantitative estimate of drug-likeness (QED) is 0.235. The first-order valence-corrected chi connectivity index (χ1v) is 9.39. The third kappa shape index (κ3) is 15.8. The highest BCUT2D eigenvalue weighted by Gasteiger charge is 2.05. The Hall–Kier alpha value is -0.440. The fourth-order valence-electron chi connectivity index (χ4n) is 2.73. The Morgan fingerprint density at radius 1 is 0.667 bits per heavy atom. The van der Waals surface area contributed by atoms with Crippen molar-refractivity contribution in [3.63, 3.8) is 0 Å². The molecule has 122 valence electrons. The molecule has 0 saturated carbocycles. The van der Waals surface area contributed by atoms with E-state index >= 15 is 0 Å². The maximum absolute atomic E-state index is 3.92. The SMILES string of the molecule is [CH2]CCCCCC#CCCCCCC(CC)CCCC[CH2]. The molecular formula is C21H38. The van der Waals surface area contributed by atoms with Gasteiger partial charge in [0.15, 0.2) is 0 Å². The smallest absolute Gasteiger partial charge is 0.00886 e. The molecule has 1 atom stereocenters. The van der Waals surface area contributed by atoms with E-state index in [2.05, 4.69) is 32.6 Å². The Kier molecular flexibility index (Phi) is 17.2. The molecule has 0 spiro atoms. The second kappa shape index (κ2) is 17.6. The molecule has 0 nitrogen and oxygen atoms in total. The summed E-state index contributed by atoms with van der Waals surface area (Å²) >= 11 is 0. The van der Waals surface area contributed by atoms with Gasteiger partial charge >= 0.3 is 0 Å². The normalized spacial score (nSPS) is 12.0. The molecule has 0 aromatic heterocycles. The van der Waals surface area contributed by atoms with Gasteiger partial charge < -0.3 is 0 Å². The highest BCUT2D eigenvalue weighted by atomic mass is 14.1. The Balaban J connectivity index is 3.35. The largest absolute Gasteiger partial charge is 0.103 e. The first-order chi connectivity index (χ1) is 10.3. The van der Waals surface area contributed by atoms with Gasteiger partial charge in [-0.3, -0.25) is 0 Å². The highest BCUT2D eigenvalue weighted by molar-refractivity contribution is 4.98. The highest BCUT2D eigenvalue weighted by Crippen LogP contribution is 2.20. The first-order valence-electron chi connectivity index (χ1n) is 9.39. The van der Waals surface area contributed by atoms with Crippen molar-refractivity contribution in [3.05, 3.63) is 13.8 Å². The molecular weight excluding hydrogens is 252 g/mol. The van der Waals surface area contributed by atoms with Crippen molar-refractivity contribution in [3.8, 4) is 11.8 Å². The predicted octanol–water partition coefficient (Wildman–Crippen LogP) is 7.15. The minimum Gasteiger partial charge on any atom is -0.103 e. The molecule has 0 amide bonds. The van der Waals surface area contributed by atoms with Crippen LogP contribution in [0, 0.1) is 31.6 Å². The van der Waals surface area contributed by atoms with E-state index < -0.39 is 0 Å². The summed E-state index contributed by atoms with van der Waals surface area (Å²) in [5.74, 6) is 7.60. The molecule has 0 heteroatoms. The molecule has 0 aliphatic carbocycles. The van der Waals surface area contributed by atoms with Crippen molar-refractivity contribution in [2.24, 2.45) is 5.92 Å². The molecule has 0 rings (SSSR count). The van der Waals surface area contributed by atoms with E-state index in [0.29, 0.717) is 0 Å². The minimum atomic E-state index is 0.954. The summed E-state index contributed by atoms with van der Waals surface area (Å²) in [6.07, 6.45) is 19.1. The lowest BCUT2D eigenvalue weighted by Gasteiger charge is -2.13. The lowest BCUT2D eigenvalue weighted by atomic mass is 9.93. The fraction of sp³-hybridized carbons (Fsp3) is 0.810. The second-order valence-corrected chi connectivity index (χ2v) is 6.24. The molecule has 0 bridgehead atoms. The lowest BCUT2D eigenvalue weighted by Crippen LogP contribution is -1.99. The molecule has 0 N–H and O–H groups in total. The van der Waals surface area contributed by atoms with Gasteiger partial charge in [0.05, 0.1) is 0 Å². The number of hydrogen-bond donors (Lipinski definition) is 0. The minimum absolute atomic E-state index is 0.954. The van der Waals surface area contributed by atoms with Crippen LogP contribution < -0.4 is 0 Å². The molecule has 0 aromatic rings. The topological polar surface area (TPSA) is 0 Å². The Labute approximate surface area is 135 Å². The van der Waals surface area contributed by atoms with Gasteiger partial charge in [0, 0.05) is 12.8 Å². The zero-order valence-corrected chi connectivity index (χ0v) is 14.6. The van der Waals surface area contributed by atoms with Gasteiger partial charge in [-0.25, -0.2) is 0 Å². The summed E-state index contributed by atoms with van der Waals surface area (Å²) in [5, 5.41) is 0. The number of rotatable bonds is 14. The molecule has 0 aliphatic rings. The second-order valence-electron chi connectivity index (χ2n) is 6.24. The van der Waals surface area contributed by atoms with Crippen LogP contribution in [0.1, 0.15) is 103 Å². The van der Waals surface area contributed by atoms with E-state index in [-0.39, 0.29) is 0 Å². The summed E-state index contributed by atoms with van der Waals surface area (Å²) in [6, 6.07) is 0. The van der Waals surface area contributed by atoms with Crippen LogP contribution in [0.15, 0.2) is 0 Å². The van der Waals surface area contributed by atoms with Gasteiger partial charge in [-0.2, -0.15) is 0 Å². The lowest BCUT2D eigenvalue weighted by molar-refractivity contribution is 0.400. The maximum atomic E-state index is 3.92. The Bertz CT molecular complexity index is 242. The van der Waals surface area contributed by atoms with Crippen molar-refractivity contribution in [1.82, 2.24) is 0 Å². The van der Waals surface area contributed by atoms with Crippen molar-refractivity contribution in [1.29, 1.82) is 0 Å². The summed E-state index contributed by atoms with van der Waals surface area (Å²) in [7, 11) is 0. The average molecular weight is 291 g/mol. The Morgan fingerprint density at radius 3 is 1.67 bits per heavy atom. The molecule has 0 heterocycles. The van der Waals surface area contributed by atoms with E-state index in [9.17, 15) is 0 Å². The number of unbranched alkanes of at least 4 members (excludes halogenated alkanes) is 9. The van der Waals surface area contributed by atoms with Crippen LogP contribution in [0.25, 0.3) is 0 Å². The van der Waals surface area contributed by atoms with Crippen LogP contribution in [0.3, 0.4) is 0 Å². The monoisotopic (exact) mass is 290 g/mol. The maximum Gasteiger partial charge on any atom is 0.00886 e. The van der Waals surface area contributed by atoms with E-state index in [4.69, 9.17) is 0 Å². The Morgan fingerprint density at radius 2 is 1.14 bits per heavy atom. The van der Waals surface area contributed by atoms with E-state index in [1.54, 1.807) is 0 Å². The molecule has 2 radical (unpaired) electrons. The van der Waals surface area contributed by atoms with E-state index in [1.807, 2.05) is 0 Å². The fourth-order valence-corrected chi connectivity index (χ4v) is 2.73. The first kappa shape index (κ1) is 20.6. The number of hydrogen-bond acceptors (Lipinski definition) is 0. The third-order valence-electron chi connectivity index (χ3n) is 4.28. The molecule has 0 fully saturated rings. The zero-order chi connectivity index (χ0) is 15.6. The van der Waals surface area contributed by atoms with Gasteiger partial charge in [-0.15, -0.1) is 11.8 Å². The van der Waals surface area contributed by atoms with Crippen LogP contribution in [0.4, 0.5) is 0 Å². The average Bonchev–Trinajstić information content (AvgIpc) is 2.51. The summed E-state index contributed by atoms with van der Waals surface area (Å²) in [6.45, 7) is 10.1. The van der Waals surface area contributed by atoms with Crippen LogP contribution in [0.2, 0.25) is 0 Å². The van der Waals surface area contributed by atoms with Gasteiger partial charge in [-0.05, 0) is 18.8 Å². The summed E-state index contributed by atoms with van der Waals surface area (Å²) < 4.78 is 0.